The van der Waals surface area contributed by atoms with Gasteiger partial charge in [0.2, 0.25) is 11.9 Å². The first kappa shape index (κ1) is 20.2. The van der Waals surface area contributed by atoms with Crippen molar-refractivity contribution in [1.82, 2.24) is 15.0 Å². The van der Waals surface area contributed by atoms with Crippen molar-refractivity contribution in [2.45, 2.75) is 32.1 Å². The van der Waals surface area contributed by atoms with Crippen LogP contribution in [0.3, 0.4) is 0 Å². The van der Waals surface area contributed by atoms with Gasteiger partial charge in [-0.25, -0.2) is 0 Å². The Morgan fingerprint density at radius 3 is 1.75 bits per heavy atom. The summed E-state index contributed by atoms with van der Waals surface area (Å²) in [6.45, 7) is 2.87. The number of hydrogen-bond acceptors (Lipinski definition) is 8. The molecule has 1 aromatic rings. The molecule has 2 atom stereocenters. The first-order chi connectivity index (χ1) is 11.2. The van der Waals surface area contributed by atoms with Crippen LogP contribution in [0.4, 0.5) is 25.1 Å². The van der Waals surface area contributed by atoms with E-state index in [0.29, 0.717) is 13.2 Å². The number of rotatable bonds is 10. The van der Waals surface area contributed by atoms with Crippen molar-refractivity contribution in [3.8, 4) is 6.01 Å². The van der Waals surface area contributed by atoms with Gasteiger partial charge in [0.15, 0.2) is 6.61 Å². The lowest BCUT2D eigenvalue weighted by atomic mass is 10.4. The Hall–Kier alpha value is -1.88. The molecule has 11 heteroatoms. The Kier molecular flexibility index (Phi) is 7.92. The summed E-state index contributed by atoms with van der Waals surface area (Å²) in [6.07, 6.45) is -4.49. The first-order valence-electron chi connectivity index (χ1n) is 7.20. The van der Waals surface area contributed by atoms with Crippen LogP contribution in [-0.2, 0) is 9.47 Å². The van der Waals surface area contributed by atoms with Crippen LogP contribution in [0.25, 0.3) is 0 Å². The molecule has 138 valence electrons. The molecule has 8 nitrogen and oxygen atoms in total. The number of aromatic nitrogens is 3. The van der Waals surface area contributed by atoms with E-state index in [-0.39, 0.29) is 24.0 Å². The largest absolute Gasteiger partial charge is 0.454 e. The fraction of sp³-hybridized carbons (Fsp3) is 0.769. The Balaban J connectivity index is 2.91. The highest BCUT2D eigenvalue weighted by Crippen LogP contribution is 2.18. The molecule has 0 unspecified atom stereocenters. The predicted molar refractivity (Wildman–Crippen MR) is 81.3 cm³/mol. The van der Waals surface area contributed by atoms with Crippen LogP contribution in [0.5, 0.6) is 6.01 Å². The van der Waals surface area contributed by atoms with Crippen molar-refractivity contribution in [1.29, 1.82) is 0 Å². The molecule has 0 radical (unpaired) electrons. The number of alkyl halides is 3. The molecule has 0 saturated heterocycles. The summed E-state index contributed by atoms with van der Waals surface area (Å²) in [4.78, 5) is 11.8. The summed E-state index contributed by atoms with van der Waals surface area (Å²) in [6, 6.07) is -0.740. The summed E-state index contributed by atoms with van der Waals surface area (Å²) >= 11 is 0. The van der Waals surface area contributed by atoms with Gasteiger partial charge in [-0.15, -0.1) is 0 Å². The van der Waals surface area contributed by atoms with E-state index < -0.39 is 18.8 Å². The lowest BCUT2D eigenvalue weighted by molar-refractivity contribution is -0.154. The maximum absolute atomic E-state index is 12.3. The van der Waals surface area contributed by atoms with Gasteiger partial charge < -0.3 is 24.8 Å². The third kappa shape index (κ3) is 8.11. The molecule has 1 heterocycles. The zero-order chi connectivity index (χ0) is 18.2. The fourth-order valence-corrected chi connectivity index (χ4v) is 1.72. The van der Waals surface area contributed by atoms with Crippen LogP contribution in [-0.4, -0.2) is 67.3 Å². The maximum atomic E-state index is 12.3. The molecule has 0 aliphatic carbocycles. The zero-order valence-corrected chi connectivity index (χ0v) is 14.0. The van der Waals surface area contributed by atoms with E-state index in [1.165, 1.54) is 14.2 Å². The van der Waals surface area contributed by atoms with Gasteiger partial charge in [-0.2, -0.15) is 28.1 Å². The fourth-order valence-electron chi connectivity index (χ4n) is 1.72. The van der Waals surface area contributed by atoms with Gasteiger partial charge in [-0.1, -0.05) is 0 Å². The predicted octanol–water partition coefficient (Wildman–Crippen LogP) is 1.71. The van der Waals surface area contributed by atoms with Gasteiger partial charge >= 0.3 is 12.2 Å². The summed E-state index contributed by atoms with van der Waals surface area (Å²) in [5.41, 5.74) is 0. The van der Waals surface area contributed by atoms with Crippen molar-refractivity contribution >= 4 is 11.9 Å². The number of anilines is 2. The number of hydrogen-bond donors (Lipinski definition) is 2. The van der Waals surface area contributed by atoms with Crippen LogP contribution in [0.15, 0.2) is 0 Å². The van der Waals surface area contributed by atoms with Gasteiger partial charge in [0, 0.05) is 26.3 Å². The Morgan fingerprint density at radius 2 is 1.38 bits per heavy atom. The van der Waals surface area contributed by atoms with Gasteiger partial charge in [-0.05, 0) is 13.8 Å². The number of ether oxygens (including phenoxy) is 3. The molecular formula is C13H22F3N5O3. The summed E-state index contributed by atoms with van der Waals surface area (Å²) in [5, 5.41) is 5.81. The second kappa shape index (κ2) is 9.42. The highest BCUT2D eigenvalue weighted by Gasteiger charge is 2.29. The molecule has 0 spiro atoms. The molecule has 2 N–H and O–H groups in total. The minimum Gasteiger partial charge on any atom is -0.454 e. The molecule has 0 aromatic carbocycles. The van der Waals surface area contributed by atoms with Crippen molar-refractivity contribution in [3.05, 3.63) is 0 Å². The van der Waals surface area contributed by atoms with Gasteiger partial charge in [0.1, 0.15) is 0 Å². The topological polar surface area (TPSA) is 90.4 Å². The minimum absolute atomic E-state index is 0.0823. The molecule has 0 amide bonds. The zero-order valence-electron chi connectivity index (χ0n) is 14.0. The summed E-state index contributed by atoms with van der Waals surface area (Å²) < 4.78 is 51.5. The average Bonchev–Trinajstić information content (AvgIpc) is 2.44. The second-order valence-corrected chi connectivity index (χ2v) is 5.17. The van der Waals surface area contributed by atoms with Crippen LogP contribution in [0.2, 0.25) is 0 Å². The van der Waals surface area contributed by atoms with Gasteiger partial charge in [0.05, 0.1) is 13.2 Å². The third-order valence-corrected chi connectivity index (χ3v) is 2.56. The number of nitrogens with one attached hydrogen (secondary N) is 2. The SMILES string of the molecule is COC[C@H](C)Nc1nc(N[C@@H](C)COC)nc(OCC(F)(F)F)n1. The number of halogens is 3. The minimum atomic E-state index is -4.49. The highest BCUT2D eigenvalue weighted by atomic mass is 19.4. The van der Waals surface area contributed by atoms with Gasteiger partial charge in [0.25, 0.3) is 0 Å². The van der Waals surface area contributed by atoms with Crippen molar-refractivity contribution < 1.29 is 27.4 Å². The normalized spacial score (nSPS) is 14.1. The van der Waals surface area contributed by atoms with Crippen molar-refractivity contribution in [3.63, 3.8) is 0 Å². The summed E-state index contributed by atoms with van der Waals surface area (Å²) in [7, 11) is 3.06. The van der Waals surface area contributed by atoms with Crippen molar-refractivity contribution in [2.24, 2.45) is 0 Å². The first-order valence-corrected chi connectivity index (χ1v) is 7.20. The monoisotopic (exact) mass is 353 g/mol. The van der Waals surface area contributed by atoms with Crippen LogP contribution < -0.4 is 15.4 Å². The lowest BCUT2D eigenvalue weighted by Gasteiger charge is -2.17. The number of methoxy groups -OCH3 is 2. The maximum Gasteiger partial charge on any atom is 0.422 e. The van der Waals surface area contributed by atoms with Crippen LogP contribution in [0.1, 0.15) is 13.8 Å². The van der Waals surface area contributed by atoms with Crippen LogP contribution in [0, 0.1) is 0 Å². The third-order valence-electron chi connectivity index (χ3n) is 2.56. The molecule has 0 aliphatic heterocycles. The second-order valence-electron chi connectivity index (χ2n) is 5.17. The molecule has 0 saturated carbocycles. The van der Waals surface area contributed by atoms with E-state index in [9.17, 15) is 13.2 Å². The molecular weight excluding hydrogens is 331 g/mol. The van der Waals surface area contributed by atoms with E-state index in [1.54, 1.807) is 0 Å². The van der Waals surface area contributed by atoms with E-state index in [0.717, 1.165) is 0 Å². The molecule has 0 aliphatic rings. The molecule has 0 bridgehead atoms. The van der Waals surface area contributed by atoms with Gasteiger partial charge in [-0.3, -0.25) is 0 Å². The molecule has 24 heavy (non-hydrogen) atoms. The van der Waals surface area contributed by atoms with Crippen molar-refractivity contribution in [2.75, 3.05) is 44.7 Å². The molecule has 0 fully saturated rings. The standard InChI is InChI=1S/C13H22F3N5O3/c1-8(5-22-3)17-10-19-11(18-9(2)6-23-4)21-12(20-10)24-7-13(14,15)16/h8-9H,5-7H2,1-4H3,(H2,17,18,19,20,21)/t8-,9-/m0/s1. The van der Waals surface area contributed by atoms with E-state index in [4.69, 9.17) is 9.47 Å². The Labute approximate surface area is 138 Å². The smallest absolute Gasteiger partial charge is 0.422 e. The van der Waals surface area contributed by atoms with E-state index in [1.807, 2.05) is 13.8 Å². The molecule has 1 aromatic heterocycles. The lowest BCUT2D eigenvalue weighted by Crippen LogP contribution is -2.26. The summed E-state index contributed by atoms with van der Waals surface area (Å²) in [5.74, 6) is 0.165. The average molecular weight is 353 g/mol. The number of nitrogens with zero attached hydrogens (tertiary/aromatic N) is 3. The Morgan fingerprint density at radius 1 is 0.917 bits per heavy atom. The van der Waals surface area contributed by atoms with Crippen LogP contribution >= 0.6 is 0 Å². The molecule has 1 rings (SSSR count). The Bertz CT molecular complexity index is 472. The highest BCUT2D eigenvalue weighted by molar-refractivity contribution is 5.37. The van der Waals surface area contributed by atoms with E-state index in [2.05, 4.69) is 30.3 Å². The quantitative estimate of drug-likeness (QED) is 0.657. The van der Waals surface area contributed by atoms with E-state index >= 15 is 0 Å².